The van der Waals surface area contributed by atoms with Crippen molar-refractivity contribution < 1.29 is 14.3 Å². The molecule has 174 valence electrons. The Kier molecular flexibility index (Phi) is 9.69. The van der Waals surface area contributed by atoms with Gasteiger partial charge in [-0.1, -0.05) is 60.7 Å². The minimum absolute atomic E-state index is 0. The van der Waals surface area contributed by atoms with Crippen molar-refractivity contribution in [2.24, 2.45) is 5.73 Å². The summed E-state index contributed by atoms with van der Waals surface area (Å²) in [7, 11) is 0. The predicted octanol–water partition coefficient (Wildman–Crippen LogP) is 3.25. The SMILES string of the molecule is CC(C)(N)C(=O)N[C@H](COCc1ccccc1)C(=O)N1CCC(c2ccccc2)CC1.Cl. The van der Waals surface area contributed by atoms with Crippen molar-refractivity contribution in [3.05, 3.63) is 71.8 Å². The fourth-order valence-electron chi connectivity index (χ4n) is 3.77. The molecule has 1 heterocycles. The van der Waals surface area contributed by atoms with Crippen LogP contribution in [0, 0.1) is 0 Å². The number of benzene rings is 2. The Labute approximate surface area is 196 Å². The average Bonchev–Trinajstić information content (AvgIpc) is 2.78. The van der Waals surface area contributed by atoms with Crippen LogP contribution in [0.25, 0.3) is 0 Å². The van der Waals surface area contributed by atoms with Crippen molar-refractivity contribution in [3.63, 3.8) is 0 Å². The lowest BCUT2D eigenvalue weighted by Crippen LogP contribution is -2.58. The molecular formula is C25H34ClN3O3. The van der Waals surface area contributed by atoms with Crippen LogP contribution in [-0.4, -0.2) is 48.0 Å². The summed E-state index contributed by atoms with van der Waals surface area (Å²) in [6.07, 6.45) is 1.81. The molecule has 1 saturated heterocycles. The molecule has 32 heavy (non-hydrogen) atoms. The van der Waals surface area contributed by atoms with Crippen molar-refractivity contribution in [1.82, 2.24) is 10.2 Å². The molecule has 3 rings (SSSR count). The summed E-state index contributed by atoms with van der Waals surface area (Å²) in [4.78, 5) is 27.5. The van der Waals surface area contributed by atoms with E-state index < -0.39 is 11.6 Å². The first-order valence-corrected chi connectivity index (χ1v) is 10.9. The number of nitrogens with two attached hydrogens (primary N) is 1. The second kappa shape index (κ2) is 12.0. The van der Waals surface area contributed by atoms with E-state index in [2.05, 4.69) is 29.6 Å². The van der Waals surface area contributed by atoms with Crippen LogP contribution in [0.5, 0.6) is 0 Å². The molecule has 1 atom stereocenters. The fraction of sp³-hybridized carbons (Fsp3) is 0.440. The van der Waals surface area contributed by atoms with Crippen LogP contribution >= 0.6 is 12.4 Å². The van der Waals surface area contributed by atoms with Crippen LogP contribution < -0.4 is 11.1 Å². The van der Waals surface area contributed by atoms with Gasteiger partial charge in [0.05, 0.1) is 18.8 Å². The van der Waals surface area contributed by atoms with Crippen LogP contribution in [-0.2, 0) is 20.9 Å². The molecule has 0 radical (unpaired) electrons. The summed E-state index contributed by atoms with van der Waals surface area (Å²) in [6, 6.07) is 19.4. The lowest BCUT2D eigenvalue weighted by Gasteiger charge is -2.35. The third-order valence-corrected chi connectivity index (χ3v) is 5.66. The second-order valence-electron chi connectivity index (χ2n) is 8.76. The van der Waals surface area contributed by atoms with E-state index in [4.69, 9.17) is 10.5 Å². The minimum Gasteiger partial charge on any atom is -0.374 e. The van der Waals surface area contributed by atoms with Crippen molar-refractivity contribution in [2.45, 2.75) is 50.8 Å². The van der Waals surface area contributed by atoms with Gasteiger partial charge in [-0.15, -0.1) is 12.4 Å². The van der Waals surface area contributed by atoms with E-state index in [-0.39, 0.29) is 30.8 Å². The summed E-state index contributed by atoms with van der Waals surface area (Å²) in [5, 5.41) is 2.80. The topological polar surface area (TPSA) is 84.7 Å². The highest BCUT2D eigenvalue weighted by Crippen LogP contribution is 2.28. The van der Waals surface area contributed by atoms with E-state index in [0.29, 0.717) is 25.6 Å². The number of nitrogens with zero attached hydrogens (tertiary/aromatic N) is 1. The Morgan fingerprint density at radius 1 is 1.06 bits per heavy atom. The number of nitrogens with one attached hydrogen (secondary N) is 1. The molecule has 0 bridgehead atoms. The van der Waals surface area contributed by atoms with Gasteiger partial charge in [-0.05, 0) is 43.7 Å². The zero-order valence-electron chi connectivity index (χ0n) is 18.8. The van der Waals surface area contributed by atoms with Gasteiger partial charge in [0, 0.05) is 13.1 Å². The van der Waals surface area contributed by atoms with Gasteiger partial charge in [0.25, 0.3) is 0 Å². The second-order valence-corrected chi connectivity index (χ2v) is 8.76. The molecule has 0 unspecified atom stereocenters. The van der Waals surface area contributed by atoms with E-state index in [9.17, 15) is 9.59 Å². The van der Waals surface area contributed by atoms with E-state index in [1.54, 1.807) is 13.8 Å². The lowest BCUT2D eigenvalue weighted by molar-refractivity contribution is -0.140. The maximum absolute atomic E-state index is 13.2. The van der Waals surface area contributed by atoms with Crippen LogP contribution in [0.1, 0.15) is 43.7 Å². The number of amides is 2. The van der Waals surface area contributed by atoms with Gasteiger partial charge < -0.3 is 20.7 Å². The van der Waals surface area contributed by atoms with E-state index in [1.165, 1.54) is 5.56 Å². The Morgan fingerprint density at radius 2 is 1.62 bits per heavy atom. The quantitative estimate of drug-likeness (QED) is 0.634. The van der Waals surface area contributed by atoms with Crippen LogP contribution in [0.4, 0.5) is 0 Å². The van der Waals surface area contributed by atoms with Crippen molar-refractivity contribution in [2.75, 3.05) is 19.7 Å². The highest BCUT2D eigenvalue weighted by molar-refractivity contribution is 5.91. The Morgan fingerprint density at radius 3 is 2.19 bits per heavy atom. The number of rotatable bonds is 8. The molecule has 1 aliphatic rings. The monoisotopic (exact) mass is 459 g/mol. The summed E-state index contributed by atoms with van der Waals surface area (Å²) >= 11 is 0. The molecule has 0 spiro atoms. The van der Waals surface area contributed by atoms with Crippen molar-refractivity contribution in [3.8, 4) is 0 Å². The first kappa shape index (κ1) is 25.8. The molecular weight excluding hydrogens is 426 g/mol. The molecule has 6 nitrogen and oxygen atoms in total. The molecule has 2 aromatic carbocycles. The first-order valence-electron chi connectivity index (χ1n) is 10.9. The zero-order valence-corrected chi connectivity index (χ0v) is 19.6. The predicted molar refractivity (Wildman–Crippen MR) is 129 cm³/mol. The van der Waals surface area contributed by atoms with Gasteiger partial charge in [0.15, 0.2) is 0 Å². The normalized spacial score (nSPS) is 15.5. The number of hydrogen-bond donors (Lipinski definition) is 2. The molecule has 0 saturated carbocycles. The standard InChI is InChI=1S/C25H33N3O3.ClH/c1-25(2,26)24(30)27-22(18-31-17-19-9-5-3-6-10-19)23(29)28-15-13-21(14-16-28)20-11-7-4-8-12-20;/h3-12,21-22H,13-18,26H2,1-2H3,(H,27,30);1H/t22-;/m1./s1. The average molecular weight is 460 g/mol. The molecule has 0 aliphatic carbocycles. The van der Waals surface area contributed by atoms with Gasteiger partial charge in [-0.2, -0.15) is 0 Å². The summed E-state index contributed by atoms with van der Waals surface area (Å²) in [6.45, 7) is 5.06. The summed E-state index contributed by atoms with van der Waals surface area (Å²) < 4.78 is 5.79. The Hall–Kier alpha value is -2.41. The van der Waals surface area contributed by atoms with E-state index in [1.807, 2.05) is 41.3 Å². The molecule has 3 N–H and O–H groups in total. The number of piperidine rings is 1. The third kappa shape index (κ3) is 7.33. The van der Waals surface area contributed by atoms with Crippen LogP contribution in [0.3, 0.4) is 0 Å². The molecule has 0 aromatic heterocycles. The van der Waals surface area contributed by atoms with Gasteiger partial charge in [-0.25, -0.2) is 0 Å². The largest absolute Gasteiger partial charge is 0.374 e. The van der Waals surface area contributed by atoms with Gasteiger partial charge >= 0.3 is 0 Å². The van der Waals surface area contributed by atoms with E-state index >= 15 is 0 Å². The number of carbonyl (C=O) groups excluding carboxylic acids is 2. The molecule has 2 aromatic rings. The first-order chi connectivity index (χ1) is 14.8. The van der Waals surface area contributed by atoms with Crippen molar-refractivity contribution in [1.29, 1.82) is 0 Å². The maximum Gasteiger partial charge on any atom is 0.247 e. The number of ether oxygens (including phenoxy) is 1. The lowest BCUT2D eigenvalue weighted by atomic mass is 9.89. The third-order valence-electron chi connectivity index (χ3n) is 5.66. The highest BCUT2D eigenvalue weighted by Gasteiger charge is 2.32. The number of hydrogen-bond acceptors (Lipinski definition) is 4. The molecule has 1 fully saturated rings. The Balaban J connectivity index is 0.00000363. The molecule has 1 aliphatic heterocycles. The number of carbonyl (C=O) groups is 2. The smallest absolute Gasteiger partial charge is 0.247 e. The zero-order chi connectivity index (χ0) is 22.3. The van der Waals surface area contributed by atoms with Gasteiger partial charge in [0.1, 0.15) is 6.04 Å². The number of halogens is 1. The molecule has 7 heteroatoms. The minimum atomic E-state index is -1.07. The van der Waals surface area contributed by atoms with Crippen molar-refractivity contribution >= 4 is 24.2 Å². The fourth-order valence-corrected chi connectivity index (χ4v) is 3.77. The highest BCUT2D eigenvalue weighted by atomic mass is 35.5. The molecule has 2 amide bonds. The van der Waals surface area contributed by atoms with Gasteiger partial charge in [0.2, 0.25) is 11.8 Å². The maximum atomic E-state index is 13.2. The van der Waals surface area contributed by atoms with Gasteiger partial charge in [-0.3, -0.25) is 9.59 Å². The number of likely N-dealkylation sites (tertiary alicyclic amines) is 1. The van der Waals surface area contributed by atoms with Crippen LogP contribution in [0.15, 0.2) is 60.7 Å². The van der Waals surface area contributed by atoms with Crippen LogP contribution in [0.2, 0.25) is 0 Å². The Bertz CT molecular complexity index is 848. The van der Waals surface area contributed by atoms with E-state index in [0.717, 1.165) is 18.4 Å². The summed E-state index contributed by atoms with van der Waals surface area (Å²) in [5.74, 6) is -0.0268. The summed E-state index contributed by atoms with van der Waals surface area (Å²) in [5.41, 5.74) is 7.19.